The van der Waals surface area contributed by atoms with Crippen molar-refractivity contribution in [3.63, 3.8) is 0 Å². The standard InChI is InChI=1S/C21H24O7/c1-10(2)7-8-19(26)20(27)11(3)16(23)13-9-12-5-4-6-14(22)15(12)17(24)21(13,19)28-18(20)25/h4-6,9-11,17,22,24,26-27H,7-8H2,1-3H3. The van der Waals surface area contributed by atoms with Crippen molar-refractivity contribution in [3.05, 3.63) is 34.9 Å². The molecule has 150 valence electrons. The van der Waals surface area contributed by atoms with Crippen molar-refractivity contribution < 1.29 is 34.8 Å². The minimum atomic E-state index is -2.49. The summed E-state index contributed by atoms with van der Waals surface area (Å²) in [6.45, 7) is 5.22. The Morgan fingerprint density at radius 2 is 1.89 bits per heavy atom. The number of aliphatic hydroxyl groups is 3. The summed E-state index contributed by atoms with van der Waals surface area (Å²) in [4.78, 5) is 25.9. The van der Waals surface area contributed by atoms with E-state index in [9.17, 15) is 30.0 Å². The third-order valence-corrected chi connectivity index (χ3v) is 6.65. The lowest BCUT2D eigenvalue weighted by molar-refractivity contribution is -0.221. The zero-order valence-corrected chi connectivity index (χ0v) is 16.0. The average Bonchev–Trinajstić information content (AvgIpc) is 2.77. The molecule has 7 heteroatoms. The molecule has 7 nitrogen and oxygen atoms in total. The van der Waals surface area contributed by atoms with Gasteiger partial charge in [-0.2, -0.15) is 0 Å². The first-order valence-electron chi connectivity index (χ1n) is 9.47. The average molecular weight is 388 g/mol. The van der Waals surface area contributed by atoms with Crippen LogP contribution in [0, 0.1) is 11.8 Å². The predicted molar refractivity (Wildman–Crippen MR) is 98.0 cm³/mol. The maximum Gasteiger partial charge on any atom is 0.343 e. The molecule has 1 heterocycles. The number of carbonyl (C=O) groups is 2. The summed E-state index contributed by atoms with van der Waals surface area (Å²) >= 11 is 0. The molecule has 1 saturated heterocycles. The number of fused-ring (bicyclic) bond motifs is 2. The van der Waals surface area contributed by atoms with Crippen LogP contribution in [0.15, 0.2) is 23.8 Å². The molecule has 28 heavy (non-hydrogen) atoms. The van der Waals surface area contributed by atoms with Crippen molar-refractivity contribution in [2.45, 2.75) is 56.5 Å². The summed E-state index contributed by atoms with van der Waals surface area (Å²) in [5.41, 5.74) is -6.52. The van der Waals surface area contributed by atoms with E-state index in [1.807, 2.05) is 13.8 Å². The summed E-state index contributed by atoms with van der Waals surface area (Å²) in [7, 11) is 0. The number of rotatable bonds is 3. The molecule has 2 fully saturated rings. The van der Waals surface area contributed by atoms with E-state index >= 15 is 0 Å². The Labute approximate surface area is 162 Å². The molecular formula is C21H24O7. The Morgan fingerprint density at radius 3 is 2.54 bits per heavy atom. The molecule has 1 aromatic rings. The van der Waals surface area contributed by atoms with Gasteiger partial charge in [-0.15, -0.1) is 0 Å². The van der Waals surface area contributed by atoms with Gasteiger partial charge >= 0.3 is 5.97 Å². The molecule has 4 N–H and O–H groups in total. The largest absolute Gasteiger partial charge is 0.508 e. The van der Waals surface area contributed by atoms with Crippen molar-refractivity contribution in [1.82, 2.24) is 0 Å². The maximum atomic E-state index is 13.1. The molecule has 0 amide bonds. The molecule has 1 spiro atoms. The molecule has 5 unspecified atom stereocenters. The number of aromatic hydroxyl groups is 1. The fourth-order valence-corrected chi connectivity index (χ4v) is 5.01. The second-order valence-corrected chi connectivity index (χ2v) is 8.51. The van der Waals surface area contributed by atoms with Crippen LogP contribution in [0.5, 0.6) is 5.75 Å². The molecule has 0 radical (unpaired) electrons. The highest BCUT2D eigenvalue weighted by Gasteiger charge is 2.84. The quantitative estimate of drug-likeness (QED) is 0.574. The van der Waals surface area contributed by atoms with Gasteiger partial charge in [0.25, 0.3) is 0 Å². The minimum Gasteiger partial charge on any atom is -0.508 e. The lowest BCUT2D eigenvalue weighted by Gasteiger charge is -2.53. The second kappa shape index (κ2) is 5.65. The summed E-state index contributed by atoms with van der Waals surface area (Å²) in [6.07, 6.45) is 0.0718. The lowest BCUT2D eigenvalue weighted by Crippen LogP contribution is -2.73. The molecule has 2 bridgehead atoms. The number of carbonyl (C=O) groups excluding carboxylic acids is 2. The van der Waals surface area contributed by atoms with Crippen molar-refractivity contribution in [2.24, 2.45) is 11.8 Å². The van der Waals surface area contributed by atoms with Crippen LogP contribution in [0.2, 0.25) is 0 Å². The number of Topliss-reactive ketones (excluding diaryl/α,β-unsaturated/α-hetero) is 1. The summed E-state index contributed by atoms with van der Waals surface area (Å²) < 4.78 is 5.50. The molecule has 4 rings (SSSR count). The fraction of sp³-hybridized carbons (Fsp3) is 0.524. The van der Waals surface area contributed by atoms with E-state index in [0.29, 0.717) is 12.0 Å². The number of phenolic OH excluding ortho intramolecular Hbond substituents is 1. The van der Waals surface area contributed by atoms with Crippen molar-refractivity contribution in [2.75, 3.05) is 0 Å². The highest BCUT2D eigenvalue weighted by atomic mass is 16.6. The van der Waals surface area contributed by atoms with Crippen LogP contribution in [0.1, 0.15) is 50.8 Å². The van der Waals surface area contributed by atoms with Gasteiger partial charge in [-0.1, -0.05) is 32.9 Å². The number of aliphatic hydroxyl groups excluding tert-OH is 1. The van der Waals surface area contributed by atoms with Crippen molar-refractivity contribution >= 4 is 17.8 Å². The van der Waals surface area contributed by atoms with Crippen LogP contribution in [0.3, 0.4) is 0 Å². The smallest absolute Gasteiger partial charge is 0.343 e. The maximum absolute atomic E-state index is 13.1. The van der Waals surface area contributed by atoms with Gasteiger partial charge in [0, 0.05) is 11.1 Å². The number of esters is 1. The first-order chi connectivity index (χ1) is 13.0. The molecule has 1 saturated carbocycles. The number of ketones is 1. The van der Waals surface area contributed by atoms with Gasteiger partial charge in [-0.25, -0.2) is 4.79 Å². The van der Waals surface area contributed by atoms with Crippen LogP contribution in [-0.2, 0) is 14.3 Å². The lowest BCUT2D eigenvalue weighted by atomic mass is 9.53. The van der Waals surface area contributed by atoms with Gasteiger partial charge < -0.3 is 25.2 Å². The van der Waals surface area contributed by atoms with Crippen LogP contribution in [0.25, 0.3) is 6.08 Å². The zero-order chi connectivity index (χ0) is 20.6. The molecule has 1 aliphatic heterocycles. The zero-order valence-electron chi connectivity index (χ0n) is 16.0. The van der Waals surface area contributed by atoms with Gasteiger partial charge in [-0.3, -0.25) is 4.79 Å². The van der Waals surface area contributed by atoms with E-state index in [1.165, 1.54) is 19.1 Å². The Bertz CT molecular complexity index is 919. The fourth-order valence-electron chi connectivity index (χ4n) is 5.01. The number of ether oxygens (including phenoxy) is 1. The van der Waals surface area contributed by atoms with Crippen LogP contribution < -0.4 is 0 Å². The van der Waals surface area contributed by atoms with Crippen LogP contribution in [-0.4, -0.2) is 49.0 Å². The van der Waals surface area contributed by atoms with Crippen LogP contribution >= 0.6 is 0 Å². The molecular weight excluding hydrogens is 364 g/mol. The van der Waals surface area contributed by atoms with E-state index in [0.717, 1.165) is 0 Å². The van der Waals surface area contributed by atoms with Gasteiger partial charge in [-0.05, 0) is 36.5 Å². The number of hydrogen-bond donors (Lipinski definition) is 4. The third-order valence-electron chi connectivity index (χ3n) is 6.65. The van der Waals surface area contributed by atoms with Gasteiger partial charge in [0.1, 0.15) is 11.9 Å². The number of benzene rings is 1. The molecule has 0 aromatic heterocycles. The van der Waals surface area contributed by atoms with Crippen molar-refractivity contribution in [3.8, 4) is 5.75 Å². The number of phenols is 1. The van der Waals surface area contributed by atoms with Crippen molar-refractivity contribution in [1.29, 1.82) is 0 Å². The first kappa shape index (κ1) is 19.1. The Balaban J connectivity index is 2.04. The highest BCUT2D eigenvalue weighted by Crippen LogP contribution is 2.64. The second-order valence-electron chi connectivity index (χ2n) is 8.51. The van der Waals surface area contributed by atoms with E-state index in [2.05, 4.69) is 0 Å². The van der Waals surface area contributed by atoms with Gasteiger partial charge in [0.2, 0.25) is 11.2 Å². The molecule has 5 atom stereocenters. The summed E-state index contributed by atoms with van der Waals surface area (Å²) in [5, 5.41) is 44.6. The van der Waals surface area contributed by atoms with E-state index in [-0.39, 0.29) is 29.2 Å². The summed E-state index contributed by atoms with van der Waals surface area (Å²) in [6, 6.07) is 4.54. The first-order valence-corrected chi connectivity index (χ1v) is 9.47. The third kappa shape index (κ3) is 1.89. The molecule has 2 aliphatic carbocycles. The van der Waals surface area contributed by atoms with E-state index in [4.69, 9.17) is 4.74 Å². The molecule has 1 aromatic carbocycles. The Kier molecular flexibility index (Phi) is 3.86. The Morgan fingerprint density at radius 1 is 1.21 bits per heavy atom. The van der Waals surface area contributed by atoms with Crippen LogP contribution in [0.4, 0.5) is 0 Å². The minimum absolute atomic E-state index is 0.0497. The SMILES string of the molecule is CC(C)CCC1(O)C2(O)C(=O)OC13C(=Cc1cccc(O)c1C3O)C(=O)C2C. The molecule has 3 aliphatic rings. The van der Waals surface area contributed by atoms with Gasteiger partial charge in [0.15, 0.2) is 11.4 Å². The highest BCUT2D eigenvalue weighted by molar-refractivity contribution is 6.12. The summed E-state index contributed by atoms with van der Waals surface area (Å²) in [5.74, 6) is -3.08. The Hall–Kier alpha value is -2.22. The normalized spacial score (nSPS) is 38.8. The topological polar surface area (TPSA) is 124 Å². The van der Waals surface area contributed by atoms with E-state index < -0.39 is 40.6 Å². The van der Waals surface area contributed by atoms with Gasteiger partial charge in [0.05, 0.1) is 5.92 Å². The monoisotopic (exact) mass is 388 g/mol. The van der Waals surface area contributed by atoms with E-state index in [1.54, 1.807) is 12.1 Å². The number of hydrogen-bond acceptors (Lipinski definition) is 7. The predicted octanol–water partition coefficient (Wildman–Crippen LogP) is 1.24.